The van der Waals surface area contributed by atoms with E-state index in [0.29, 0.717) is 11.6 Å². The molecule has 0 bridgehead atoms. The molecule has 0 spiro atoms. The first-order valence-electron chi connectivity index (χ1n) is 7.12. The number of aromatic nitrogens is 2. The summed E-state index contributed by atoms with van der Waals surface area (Å²) in [6, 6.07) is 5.65. The number of anilines is 1. The quantitative estimate of drug-likeness (QED) is 0.800. The number of nitrogens with zero attached hydrogens (tertiary/aromatic N) is 4. The maximum Gasteiger partial charge on any atom is 0.319 e. The molecule has 2 heterocycles. The Morgan fingerprint density at radius 2 is 2.05 bits per heavy atom. The van der Waals surface area contributed by atoms with E-state index in [0.717, 1.165) is 42.9 Å². The van der Waals surface area contributed by atoms with Gasteiger partial charge in [0.15, 0.2) is 0 Å². The van der Waals surface area contributed by atoms with Crippen molar-refractivity contribution >= 4 is 34.3 Å². The molecule has 7 heteroatoms. The van der Waals surface area contributed by atoms with Crippen molar-refractivity contribution in [3.8, 4) is 0 Å². The summed E-state index contributed by atoms with van der Waals surface area (Å²) in [6.45, 7) is 3.56. The highest BCUT2D eigenvalue weighted by atomic mass is 35.5. The molecule has 0 saturated carbocycles. The lowest BCUT2D eigenvalue weighted by atomic mass is 10.2. The summed E-state index contributed by atoms with van der Waals surface area (Å²) in [5.41, 5.74) is 0.842. The van der Waals surface area contributed by atoms with Crippen LogP contribution in [-0.4, -0.2) is 60.7 Å². The van der Waals surface area contributed by atoms with Gasteiger partial charge in [0, 0.05) is 36.6 Å². The van der Waals surface area contributed by atoms with Crippen molar-refractivity contribution in [3.05, 3.63) is 29.5 Å². The fourth-order valence-electron chi connectivity index (χ4n) is 2.63. The number of halogens is 1. The molecular formula is C15H17ClN4O2. The lowest BCUT2D eigenvalue weighted by molar-refractivity contribution is -0.142. The third kappa shape index (κ3) is 3.13. The number of esters is 1. The number of piperazine rings is 1. The lowest BCUT2D eigenvalue weighted by Crippen LogP contribution is -2.48. The van der Waals surface area contributed by atoms with Crippen LogP contribution < -0.4 is 4.90 Å². The third-order valence-electron chi connectivity index (χ3n) is 3.83. The molecule has 3 rings (SSSR count). The van der Waals surface area contributed by atoms with E-state index in [-0.39, 0.29) is 5.97 Å². The van der Waals surface area contributed by atoms with Crippen molar-refractivity contribution in [1.82, 2.24) is 14.9 Å². The topological polar surface area (TPSA) is 58.6 Å². The van der Waals surface area contributed by atoms with Crippen molar-refractivity contribution in [1.29, 1.82) is 0 Å². The Bertz CT molecular complexity index is 686. The van der Waals surface area contributed by atoms with Crippen LogP contribution in [-0.2, 0) is 9.53 Å². The number of ether oxygens (including phenoxy) is 1. The van der Waals surface area contributed by atoms with Crippen molar-refractivity contribution in [2.45, 2.75) is 0 Å². The molecule has 2 aromatic rings. The molecule has 0 aliphatic carbocycles. The summed E-state index contributed by atoms with van der Waals surface area (Å²) in [4.78, 5) is 24.3. The predicted octanol–water partition coefficient (Wildman–Crippen LogP) is 1.58. The van der Waals surface area contributed by atoms with Crippen LogP contribution in [0.15, 0.2) is 24.5 Å². The van der Waals surface area contributed by atoms with E-state index in [1.165, 1.54) is 7.11 Å². The first kappa shape index (κ1) is 15.0. The second-order valence-electron chi connectivity index (χ2n) is 5.20. The summed E-state index contributed by atoms with van der Waals surface area (Å²) >= 11 is 6.01. The van der Waals surface area contributed by atoms with Gasteiger partial charge in [-0.3, -0.25) is 9.69 Å². The zero-order valence-corrected chi connectivity index (χ0v) is 13.1. The number of rotatable bonds is 3. The molecule has 0 N–H and O–H groups in total. The molecule has 0 radical (unpaired) electrons. The van der Waals surface area contributed by atoms with Crippen LogP contribution in [0.5, 0.6) is 0 Å². The van der Waals surface area contributed by atoms with Crippen molar-refractivity contribution in [2.24, 2.45) is 0 Å². The van der Waals surface area contributed by atoms with Gasteiger partial charge < -0.3 is 9.64 Å². The number of hydrogen-bond acceptors (Lipinski definition) is 6. The van der Waals surface area contributed by atoms with E-state index in [2.05, 4.69) is 19.8 Å². The molecule has 0 amide bonds. The highest BCUT2D eigenvalue weighted by molar-refractivity contribution is 6.31. The Labute approximate surface area is 133 Å². The zero-order valence-electron chi connectivity index (χ0n) is 12.3. The van der Waals surface area contributed by atoms with Gasteiger partial charge in [0.25, 0.3) is 0 Å². The number of fused-ring (bicyclic) bond motifs is 1. The smallest absolute Gasteiger partial charge is 0.319 e. The average molecular weight is 321 g/mol. The summed E-state index contributed by atoms with van der Waals surface area (Å²) in [6.07, 6.45) is 1.56. The Balaban J connectivity index is 1.75. The SMILES string of the molecule is COC(=O)CN1CCN(c2ncnc3cc(Cl)ccc23)CC1. The molecule has 1 aliphatic rings. The maximum absolute atomic E-state index is 11.3. The largest absolute Gasteiger partial charge is 0.468 e. The molecular weight excluding hydrogens is 304 g/mol. The van der Waals surface area contributed by atoms with Gasteiger partial charge >= 0.3 is 5.97 Å². The van der Waals surface area contributed by atoms with E-state index in [1.807, 2.05) is 18.2 Å². The Hall–Kier alpha value is -1.92. The highest BCUT2D eigenvalue weighted by Crippen LogP contribution is 2.26. The minimum Gasteiger partial charge on any atom is -0.468 e. The number of carbonyl (C=O) groups is 1. The second kappa shape index (κ2) is 6.46. The van der Waals surface area contributed by atoms with Crippen LogP contribution in [0.4, 0.5) is 5.82 Å². The Morgan fingerprint density at radius 3 is 2.77 bits per heavy atom. The summed E-state index contributed by atoms with van der Waals surface area (Å²) in [7, 11) is 1.41. The van der Waals surface area contributed by atoms with Gasteiger partial charge in [-0.15, -0.1) is 0 Å². The maximum atomic E-state index is 11.3. The summed E-state index contributed by atoms with van der Waals surface area (Å²) in [5, 5.41) is 1.66. The molecule has 116 valence electrons. The molecule has 6 nitrogen and oxygen atoms in total. The molecule has 22 heavy (non-hydrogen) atoms. The van der Waals surface area contributed by atoms with Gasteiger partial charge in [-0.1, -0.05) is 11.6 Å². The average Bonchev–Trinajstić information content (AvgIpc) is 2.54. The minimum atomic E-state index is -0.199. The van der Waals surface area contributed by atoms with E-state index in [1.54, 1.807) is 6.33 Å². The number of methoxy groups -OCH3 is 1. The normalized spacial score (nSPS) is 16.0. The zero-order chi connectivity index (χ0) is 15.5. The number of hydrogen-bond donors (Lipinski definition) is 0. The van der Waals surface area contributed by atoms with Gasteiger partial charge in [0.05, 0.1) is 19.2 Å². The third-order valence-corrected chi connectivity index (χ3v) is 4.06. The van der Waals surface area contributed by atoms with Crippen LogP contribution in [0.3, 0.4) is 0 Å². The first-order chi connectivity index (χ1) is 10.7. The van der Waals surface area contributed by atoms with E-state index in [9.17, 15) is 4.79 Å². The van der Waals surface area contributed by atoms with Crippen LogP contribution in [0.1, 0.15) is 0 Å². The van der Waals surface area contributed by atoms with Gasteiger partial charge in [-0.25, -0.2) is 9.97 Å². The van der Waals surface area contributed by atoms with E-state index in [4.69, 9.17) is 16.3 Å². The molecule has 1 aromatic carbocycles. The van der Waals surface area contributed by atoms with E-state index >= 15 is 0 Å². The van der Waals surface area contributed by atoms with Crippen LogP contribution in [0.25, 0.3) is 10.9 Å². The molecule has 1 aliphatic heterocycles. The van der Waals surface area contributed by atoms with Crippen molar-refractivity contribution in [2.75, 3.05) is 44.7 Å². The Kier molecular flexibility index (Phi) is 4.40. The fraction of sp³-hybridized carbons (Fsp3) is 0.400. The first-order valence-corrected chi connectivity index (χ1v) is 7.49. The van der Waals surface area contributed by atoms with Gasteiger partial charge in [-0.2, -0.15) is 0 Å². The van der Waals surface area contributed by atoms with Crippen LogP contribution in [0, 0.1) is 0 Å². The lowest BCUT2D eigenvalue weighted by Gasteiger charge is -2.35. The van der Waals surface area contributed by atoms with Gasteiger partial charge in [-0.05, 0) is 18.2 Å². The molecule has 0 unspecified atom stereocenters. The standard InChI is InChI=1S/C15H17ClN4O2/c1-22-14(21)9-19-4-6-20(7-5-19)15-12-3-2-11(16)8-13(12)17-10-18-15/h2-3,8,10H,4-7,9H2,1H3. The predicted molar refractivity (Wildman–Crippen MR) is 85.2 cm³/mol. The van der Waals surface area contributed by atoms with Crippen LogP contribution in [0.2, 0.25) is 5.02 Å². The Morgan fingerprint density at radius 1 is 1.27 bits per heavy atom. The monoisotopic (exact) mass is 320 g/mol. The van der Waals surface area contributed by atoms with Gasteiger partial charge in [0.1, 0.15) is 12.1 Å². The molecule has 0 atom stereocenters. The summed E-state index contributed by atoms with van der Waals surface area (Å²) < 4.78 is 4.71. The minimum absolute atomic E-state index is 0.199. The van der Waals surface area contributed by atoms with Crippen molar-refractivity contribution < 1.29 is 9.53 Å². The van der Waals surface area contributed by atoms with E-state index < -0.39 is 0 Å². The molecule has 1 aromatic heterocycles. The van der Waals surface area contributed by atoms with Crippen LogP contribution >= 0.6 is 11.6 Å². The molecule has 1 fully saturated rings. The van der Waals surface area contributed by atoms with Crippen molar-refractivity contribution in [3.63, 3.8) is 0 Å². The van der Waals surface area contributed by atoms with Gasteiger partial charge in [0.2, 0.25) is 0 Å². The summed E-state index contributed by atoms with van der Waals surface area (Å²) in [5.74, 6) is 0.718. The second-order valence-corrected chi connectivity index (χ2v) is 5.63. The fourth-order valence-corrected chi connectivity index (χ4v) is 2.80. The number of carbonyl (C=O) groups excluding carboxylic acids is 1. The molecule has 1 saturated heterocycles. The highest BCUT2D eigenvalue weighted by Gasteiger charge is 2.21. The number of benzene rings is 1.